The molecule has 2 aromatic rings. The van der Waals surface area contributed by atoms with Crippen LogP contribution in [-0.4, -0.2) is 0 Å². The third-order valence-corrected chi connectivity index (χ3v) is 3.67. The van der Waals surface area contributed by atoms with Gasteiger partial charge < -0.3 is 0 Å². The average molecular weight is 276 g/mol. The fourth-order valence-electron chi connectivity index (χ4n) is 2.49. The van der Waals surface area contributed by atoms with Crippen LogP contribution in [0.4, 0.5) is 4.39 Å². The molecule has 0 heterocycles. The van der Waals surface area contributed by atoms with Crippen molar-refractivity contribution in [3.8, 4) is 11.1 Å². The summed E-state index contributed by atoms with van der Waals surface area (Å²) >= 11 is 0. The second-order valence-corrected chi connectivity index (χ2v) is 5.13. The summed E-state index contributed by atoms with van der Waals surface area (Å²) in [5.74, 6) is -0.199. The molecular weight excluding hydrogens is 259 g/mol. The Hall–Kier alpha value is -2.41. The van der Waals surface area contributed by atoms with E-state index in [0.29, 0.717) is 0 Å². The zero-order valence-electron chi connectivity index (χ0n) is 11.8. The van der Waals surface area contributed by atoms with Crippen molar-refractivity contribution in [2.75, 3.05) is 0 Å². The first-order valence-electron chi connectivity index (χ1n) is 7.22. The van der Waals surface area contributed by atoms with Gasteiger partial charge in [-0.1, -0.05) is 66.8 Å². The lowest BCUT2D eigenvalue weighted by Gasteiger charge is -2.09. The SMILES string of the molecule is Fc1ccc(-c2ccc(/C3=C/C=C\C=C/CC3)cc2)cc1. The monoisotopic (exact) mass is 276 g/mol. The zero-order valence-corrected chi connectivity index (χ0v) is 11.8. The van der Waals surface area contributed by atoms with E-state index >= 15 is 0 Å². The molecule has 0 nitrogen and oxygen atoms in total. The number of benzene rings is 2. The Balaban J connectivity index is 1.85. The van der Waals surface area contributed by atoms with E-state index in [4.69, 9.17) is 0 Å². The van der Waals surface area contributed by atoms with Crippen LogP contribution in [0.5, 0.6) is 0 Å². The largest absolute Gasteiger partial charge is 0.207 e. The molecule has 0 amide bonds. The van der Waals surface area contributed by atoms with Crippen LogP contribution in [0.2, 0.25) is 0 Å². The average Bonchev–Trinajstić information content (AvgIpc) is 2.48. The first-order valence-corrected chi connectivity index (χ1v) is 7.22. The van der Waals surface area contributed by atoms with Crippen molar-refractivity contribution < 1.29 is 4.39 Å². The molecule has 0 radical (unpaired) electrons. The summed E-state index contributed by atoms with van der Waals surface area (Å²) in [7, 11) is 0. The van der Waals surface area contributed by atoms with Crippen LogP contribution in [0, 0.1) is 5.82 Å². The van der Waals surface area contributed by atoms with E-state index in [0.717, 1.165) is 24.0 Å². The molecule has 1 aliphatic carbocycles. The topological polar surface area (TPSA) is 0 Å². The smallest absolute Gasteiger partial charge is 0.123 e. The van der Waals surface area contributed by atoms with E-state index in [2.05, 4.69) is 54.6 Å². The summed E-state index contributed by atoms with van der Waals surface area (Å²) in [6.45, 7) is 0. The molecule has 0 aromatic heterocycles. The van der Waals surface area contributed by atoms with Crippen molar-refractivity contribution in [2.24, 2.45) is 0 Å². The normalized spacial score (nSPS) is 20.0. The van der Waals surface area contributed by atoms with E-state index in [1.807, 2.05) is 12.1 Å². The highest BCUT2D eigenvalue weighted by molar-refractivity contribution is 5.71. The van der Waals surface area contributed by atoms with Gasteiger partial charge in [0.05, 0.1) is 0 Å². The van der Waals surface area contributed by atoms with Crippen molar-refractivity contribution in [3.63, 3.8) is 0 Å². The third kappa shape index (κ3) is 3.38. The highest BCUT2D eigenvalue weighted by atomic mass is 19.1. The lowest BCUT2D eigenvalue weighted by Crippen LogP contribution is -1.87. The molecule has 3 rings (SSSR count). The molecule has 0 fully saturated rings. The van der Waals surface area contributed by atoms with E-state index < -0.39 is 0 Å². The number of allylic oxidation sites excluding steroid dienone is 6. The van der Waals surface area contributed by atoms with Crippen molar-refractivity contribution in [1.82, 2.24) is 0 Å². The van der Waals surface area contributed by atoms with Crippen LogP contribution >= 0.6 is 0 Å². The minimum absolute atomic E-state index is 0.199. The predicted octanol–water partition coefficient (Wildman–Crippen LogP) is 5.78. The molecule has 0 saturated carbocycles. The molecule has 1 heteroatoms. The standard InChI is InChI=1S/C20H17F/c21-20-14-12-19(13-15-20)18-10-8-17(9-11-18)16-6-4-2-1-3-5-7-16/h1-4,6,8-15H,5,7H2/b3-1-,4-2-,16-6+. The van der Waals surface area contributed by atoms with Gasteiger partial charge in [0.2, 0.25) is 0 Å². The third-order valence-electron chi connectivity index (χ3n) is 3.67. The molecule has 0 bridgehead atoms. The van der Waals surface area contributed by atoms with Gasteiger partial charge in [0.25, 0.3) is 0 Å². The summed E-state index contributed by atoms with van der Waals surface area (Å²) in [4.78, 5) is 0. The van der Waals surface area contributed by atoms with Gasteiger partial charge in [0, 0.05) is 0 Å². The number of rotatable bonds is 2. The quantitative estimate of drug-likeness (QED) is 0.652. The van der Waals surface area contributed by atoms with Gasteiger partial charge in [-0.15, -0.1) is 0 Å². The minimum Gasteiger partial charge on any atom is -0.207 e. The Morgan fingerprint density at radius 3 is 2.00 bits per heavy atom. The molecule has 2 aromatic carbocycles. The summed E-state index contributed by atoms with van der Waals surface area (Å²) in [5.41, 5.74) is 4.75. The van der Waals surface area contributed by atoms with Gasteiger partial charge in [-0.3, -0.25) is 0 Å². The number of hydrogen-bond donors (Lipinski definition) is 0. The van der Waals surface area contributed by atoms with E-state index in [1.165, 1.54) is 23.3 Å². The number of halogens is 1. The molecule has 0 saturated heterocycles. The van der Waals surface area contributed by atoms with Crippen molar-refractivity contribution in [3.05, 3.63) is 90.3 Å². The van der Waals surface area contributed by atoms with Crippen molar-refractivity contribution >= 4 is 5.57 Å². The Bertz CT molecular complexity index is 686. The van der Waals surface area contributed by atoms with Gasteiger partial charge in [-0.25, -0.2) is 4.39 Å². The van der Waals surface area contributed by atoms with E-state index in [1.54, 1.807) is 0 Å². The molecule has 21 heavy (non-hydrogen) atoms. The maximum absolute atomic E-state index is 13.0. The van der Waals surface area contributed by atoms with E-state index in [-0.39, 0.29) is 5.82 Å². The Morgan fingerprint density at radius 1 is 0.667 bits per heavy atom. The number of hydrogen-bond acceptors (Lipinski definition) is 0. The van der Waals surface area contributed by atoms with Crippen molar-refractivity contribution in [2.45, 2.75) is 12.8 Å². The van der Waals surface area contributed by atoms with E-state index in [9.17, 15) is 4.39 Å². The lowest BCUT2D eigenvalue weighted by molar-refractivity contribution is 0.628. The second-order valence-electron chi connectivity index (χ2n) is 5.13. The molecule has 0 unspecified atom stereocenters. The summed E-state index contributed by atoms with van der Waals surface area (Å²) in [6.07, 6.45) is 12.7. The van der Waals surface area contributed by atoms with Gasteiger partial charge in [0.1, 0.15) is 5.82 Å². The maximum atomic E-state index is 13.0. The highest BCUT2D eigenvalue weighted by Gasteiger charge is 2.03. The maximum Gasteiger partial charge on any atom is 0.123 e. The van der Waals surface area contributed by atoms with Gasteiger partial charge in [-0.05, 0) is 47.2 Å². The van der Waals surface area contributed by atoms with Gasteiger partial charge >= 0.3 is 0 Å². The lowest BCUT2D eigenvalue weighted by atomic mass is 9.96. The fraction of sp³-hybridized carbons (Fsp3) is 0.100. The first-order chi connectivity index (χ1) is 10.3. The molecule has 104 valence electrons. The van der Waals surface area contributed by atoms with Crippen LogP contribution < -0.4 is 0 Å². The minimum atomic E-state index is -0.199. The van der Waals surface area contributed by atoms with Crippen LogP contribution in [0.1, 0.15) is 18.4 Å². The molecule has 0 N–H and O–H groups in total. The van der Waals surface area contributed by atoms with Crippen LogP contribution in [0.25, 0.3) is 16.7 Å². The Morgan fingerprint density at radius 2 is 1.29 bits per heavy atom. The second kappa shape index (κ2) is 6.36. The van der Waals surface area contributed by atoms with Crippen molar-refractivity contribution in [1.29, 1.82) is 0 Å². The molecule has 0 spiro atoms. The van der Waals surface area contributed by atoms with Gasteiger partial charge in [0.15, 0.2) is 0 Å². The predicted molar refractivity (Wildman–Crippen MR) is 87.3 cm³/mol. The Kier molecular flexibility index (Phi) is 4.11. The molecule has 0 aliphatic heterocycles. The molecule has 0 atom stereocenters. The summed E-state index contributed by atoms with van der Waals surface area (Å²) in [5, 5.41) is 0. The first kappa shape index (κ1) is 13.6. The van der Waals surface area contributed by atoms with Crippen LogP contribution in [0.3, 0.4) is 0 Å². The Labute approximate surface area is 124 Å². The highest BCUT2D eigenvalue weighted by Crippen LogP contribution is 2.25. The van der Waals surface area contributed by atoms with Crippen LogP contribution in [-0.2, 0) is 0 Å². The zero-order chi connectivity index (χ0) is 14.5. The molecular formula is C20H17F. The molecule has 1 aliphatic rings. The summed E-state index contributed by atoms with van der Waals surface area (Å²) < 4.78 is 13.0. The summed E-state index contributed by atoms with van der Waals surface area (Å²) in [6, 6.07) is 15.1. The van der Waals surface area contributed by atoms with Gasteiger partial charge in [-0.2, -0.15) is 0 Å². The van der Waals surface area contributed by atoms with Crippen LogP contribution in [0.15, 0.2) is 78.9 Å². The fourth-order valence-corrected chi connectivity index (χ4v) is 2.49.